The zero-order valence-corrected chi connectivity index (χ0v) is 16.6. The Morgan fingerprint density at radius 3 is 2.81 bits per heavy atom. The van der Waals surface area contributed by atoms with Crippen molar-refractivity contribution in [1.29, 1.82) is 0 Å². The second kappa shape index (κ2) is 7.13. The zero-order chi connectivity index (χ0) is 19.0. The van der Waals surface area contributed by atoms with E-state index in [0.717, 1.165) is 15.3 Å². The molecule has 0 radical (unpaired) electrons. The first kappa shape index (κ1) is 17.7. The Bertz CT molecular complexity index is 1140. The minimum Gasteiger partial charge on any atom is -0.339 e. The van der Waals surface area contributed by atoms with Crippen molar-refractivity contribution in [3.8, 4) is 0 Å². The maximum Gasteiger partial charge on any atom is 0.265 e. The molecule has 0 saturated heterocycles. The van der Waals surface area contributed by atoms with Crippen LogP contribution in [0.3, 0.4) is 0 Å². The molecular formula is C19H18N4O2S2. The summed E-state index contributed by atoms with van der Waals surface area (Å²) in [4.78, 5) is 33.8. The summed E-state index contributed by atoms with van der Waals surface area (Å²) in [7, 11) is 0. The quantitative estimate of drug-likeness (QED) is 0.544. The van der Waals surface area contributed by atoms with Gasteiger partial charge in [-0.1, -0.05) is 6.07 Å². The Kier molecular flexibility index (Phi) is 4.67. The summed E-state index contributed by atoms with van der Waals surface area (Å²) in [5, 5.41) is 4.86. The van der Waals surface area contributed by atoms with E-state index in [-0.39, 0.29) is 11.8 Å². The van der Waals surface area contributed by atoms with Crippen LogP contribution in [0.25, 0.3) is 15.3 Å². The van der Waals surface area contributed by atoms with Gasteiger partial charge in [0.2, 0.25) is 0 Å². The molecule has 0 fully saturated rings. The molecule has 138 valence electrons. The maximum absolute atomic E-state index is 12.7. The highest BCUT2D eigenvalue weighted by Gasteiger charge is 2.17. The van der Waals surface area contributed by atoms with Crippen LogP contribution >= 0.6 is 22.7 Å². The first-order chi connectivity index (χ1) is 13.1. The molecule has 0 spiro atoms. The van der Waals surface area contributed by atoms with Gasteiger partial charge in [0.25, 0.3) is 11.8 Å². The molecule has 0 bridgehead atoms. The number of benzene rings is 1. The Hall–Kier alpha value is -2.71. The van der Waals surface area contributed by atoms with E-state index in [1.165, 1.54) is 11.3 Å². The van der Waals surface area contributed by atoms with Gasteiger partial charge >= 0.3 is 0 Å². The molecule has 4 rings (SSSR count). The molecule has 0 aliphatic heterocycles. The average Bonchev–Trinajstić information content (AvgIpc) is 3.35. The van der Waals surface area contributed by atoms with Crippen LogP contribution in [0.4, 0.5) is 5.69 Å². The lowest BCUT2D eigenvalue weighted by atomic mass is 10.1. The Labute approximate surface area is 164 Å². The number of nitrogens with one attached hydrogen (secondary N) is 1. The van der Waals surface area contributed by atoms with Crippen LogP contribution in [-0.2, 0) is 0 Å². The van der Waals surface area contributed by atoms with Gasteiger partial charge in [-0.3, -0.25) is 14.0 Å². The Balaban J connectivity index is 1.56. The summed E-state index contributed by atoms with van der Waals surface area (Å²) in [6.45, 7) is 5.20. The number of fused-ring (bicyclic) bond motifs is 3. The van der Waals surface area contributed by atoms with Crippen LogP contribution in [0.15, 0.2) is 41.9 Å². The topological polar surface area (TPSA) is 66.7 Å². The lowest BCUT2D eigenvalue weighted by molar-refractivity contribution is 0.0772. The highest BCUT2D eigenvalue weighted by atomic mass is 32.1. The van der Waals surface area contributed by atoms with Gasteiger partial charge in [0, 0.05) is 35.9 Å². The first-order valence-electron chi connectivity index (χ1n) is 8.66. The van der Waals surface area contributed by atoms with Gasteiger partial charge in [-0.15, -0.1) is 22.7 Å². The highest BCUT2D eigenvalue weighted by molar-refractivity contribution is 7.21. The summed E-state index contributed by atoms with van der Waals surface area (Å²) < 4.78 is 1.98. The molecule has 0 saturated carbocycles. The second-order valence-electron chi connectivity index (χ2n) is 5.98. The van der Waals surface area contributed by atoms with E-state index in [1.54, 1.807) is 40.5 Å². The van der Waals surface area contributed by atoms with Crippen LogP contribution in [0.2, 0.25) is 0 Å². The fourth-order valence-corrected chi connectivity index (χ4v) is 4.67. The van der Waals surface area contributed by atoms with Crippen LogP contribution < -0.4 is 5.32 Å². The third-order valence-electron chi connectivity index (χ3n) is 4.38. The molecular weight excluding hydrogens is 380 g/mol. The number of thiophene rings is 1. The maximum atomic E-state index is 12.7. The lowest BCUT2D eigenvalue weighted by Gasteiger charge is -2.18. The summed E-state index contributed by atoms with van der Waals surface area (Å²) in [5.74, 6) is -0.235. The third kappa shape index (κ3) is 3.22. The normalized spacial score (nSPS) is 11.2. The van der Waals surface area contributed by atoms with E-state index in [0.29, 0.717) is 29.2 Å². The largest absolute Gasteiger partial charge is 0.339 e. The van der Waals surface area contributed by atoms with Gasteiger partial charge in [0.15, 0.2) is 4.96 Å². The molecule has 0 aliphatic rings. The van der Waals surface area contributed by atoms with Crippen molar-refractivity contribution in [2.75, 3.05) is 18.4 Å². The Morgan fingerprint density at radius 1 is 1.22 bits per heavy atom. The average molecular weight is 399 g/mol. The number of amides is 2. The minimum atomic E-state index is -0.200. The number of carbonyl (C=O) groups excluding carboxylic acids is 2. The van der Waals surface area contributed by atoms with Crippen molar-refractivity contribution in [2.45, 2.75) is 13.8 Å². The molecule has 4 aromatic rings. The van der Waals surface area contributed by atoms with Crippen LogP contribution in [0.1, 0.15) is 33.9 Å². The molecule has 1 aromatic carbocycles. The third-order valence-corrected chi connectivity index (χ3v) is 6.16. The number of thiazole rings is 1. The molecule has 6 nitrogen and oxygen atoms in total. The Morgan fingerprint density at radius 2 is 2.04 bits per heavy atom. The van der Waals surface area contributed by atoms with Gasteiger partial charge in [0.1, 0.15) is 4.83 Å². The summed E-state index contributed by atoms with van der Waals surface area (Å²) in [6, 6.07) is 8.91. The van der Waals surface area contributed by atoms with Crippen LogP contribution in [0.5, 0.6) is 0 Å². The summed E-state index contributed by atoms with van der Waals surface area (Å²) >= 11 is 2.93. The second-order valence-corrected chi connectivity index (χ2v) is 7.88. The van der Waals surface area contributed by atoms with Crippen molar-refractivity contribution in [1.82, 2.24) is 14.3 Å². The van der Waals surface area contributed by atoms with Crippen LogP contribution in [-0.4, -0.2) is 39.2 Å². The van der Waals surface area contributed by atoms with E-state index in [1.807, 2.05) is 35.9 Å². The predicted molar refractivity (Wildman–Crippen MR) is 110 cm³/mol. The fourth-order valence-electron chi connectivity index (χ4n) is 2.98. The molecule has 1 N–H and O–H groups in total. The molecule has 3 heterocycles. The summed E-state index contributed by atoms with van der Waals surface area (Å²) in [5.41, 5.74) is 2.11. The van der Waals surface area contributed by atoms with E-state index >= 15 is 0 Å². The first-order valence-corrected chi connectivity index (χ1v) is 10.4. The molecule has 0 aliphatic carbocycles. The summed E-state index contributed by atoms with van der Waals surface area (Å²) in [6.07, 6.45) is 1.95. The van der Waals surface area contributed by atoms with Crippen molar-refractivity contribution >= 4 is 55.5 Å². The van der Waals surface area contributed by atoms with Gasteiger partial charge in [-0.05, 0) is 38.1 Å². The monoisotopic (exact) mass is 398 g/mol. The van der Waals surface area contributed by atoms with E-state index in [9.17, 15) is 9.59 Å². The van der Waals surface area contributed by atoms with Crippen molar-refractivity contribution in [3.63, 3.8) is 0 Å². The van der Waals surface area contributed by atoms with Gasteiger partial charge in [-0.2, -0.15) is 0 Å². The molecule has 2 amide bonds. The fraction of sp³-hybridized carbons (Fsp3) is 0.211. The number of imidazole rings is 1. The predicted octanol–water partition coefficient (Wildman–Crippen LogP) is 4.34. The number of hydrogen-bond donors (Lipinski definition) is 1. The molecule has 27 heavy (non-hydrogen) atoms. The van der Waals surface area contributed by atoms with Gasteiger partial charge < -0.3 is 10.2 Å². The van der Waals surface area contributed by atoms with Crippen molar-refractivity contribution in [2.24, 2.45) is 0 Å². The van der Waals surface area contributed by atoms with E-state index in [4.69, 9.17) is 0 Å². The van der Waals surface area contributed by atoms with Crippen molar-refractivity contribution < 1.29 is 9.59 Å². The zero-order valence-electron chi connectivity index (χ0n) is 14.9. The van der Waals surface area contributed by atoms with E-state index in [2.05, 4.69) is 10.3 Å². The number of nitrogens with zero attached hydrogens (tertiary/aromatic N) is 3. The standard InChI is InChI=1S/C19H18N4O2S2/c1-3-22(4-2)18(25)12-6-5-7-13(10-12)20-16(24)15-11-14-17(27-15)21-19-23(14)8-9-26-19/h5-11H,3-4H2,1-2H3,(H,20,24). The molecule has 0 unspecified atom stereocenters. The lowest BCUT2D eigenvalue weighted by Crippen LogP contribution is -2.30. The van der Waals surface area contributed by atoms with E-state index < -0.39 is 0 Å². The number of rotatable bonds is 5. The number of hydrogen-bond acceptors (Lipinski definition) is 5. The van der Waals surface area contributed by atoms with Gasteiger partial charge in [0.05, 0.1) is 10.4 Å². The highest BCUT2D eigenvalue weighted by Crippen LogP contribution is 2.28. The number of aromatic nitrogens is 2. The smallest absolute Gasteiger partial charge is 0.265 e. The SMILES string of the molecule is CCN(CC)C(=O)c1cccc(NC(=O)c2cc3c(nc4sccn43)s2)c1. The van der Waals surface area contributed by atoms with Crippen LogP contribution in [0, 0.1) is 0 Å². The molecule has 0 atom stereocenters. The van der Waals surface area contributed by atoms with Crippen molar-refractivity contribution in [3.05, 3.63) is 52.3 Å². The molecule has 3 aromatic heterocycles. The van der Waals surface area contributed by atoms with Gasteiger partial charge in [-0.25, -0.2) is 4.98 Å². The number of carbonyl (C=O) groups is 2. The minimum absolute atomic E-state index is 0.0358. The molecule has 8 heteroatoms. The number of anilines is 1.